The smallest absolute Gasteiger partial charge is 0.273 e. The van der Waals surface area contributed by atoms with E-state index in [0.29, 0.717) is 5.71 Å². The van der Waals surface area contributed by atoms with Crippen molar-refractivity contribution in [3.05, 3.63) is 39.9 Å². The quantitative estimate of drug-likeness (QED) is 0.468. The van der Waals surface area contributed by atoms with Crippen LogP contribution in [-0.2, 0) is 9.59 Å². The molecule has 1 aliphatic heterocycles. The van der Waals surface area contributed by atoms with E-state index in [0.717, 1.165) is 0 Å². The number of nitro groups is 1. The van der Waals surface area contributed by atoms with Crippen LogP contribution in [0.2, 0.25) is 0 Å². The summed E-state index contributed by atoms with van der Waals surface area (Å²) in [4.78, 5) is 33.4. The van der Waals surface area contributed by atoms with Crippen molar-refractivity contribution in [2.45, 2.75) is 13.3 Å². The van der Waals surface area contributed by atoms with E-state index >= 15 is 0 Å². The molecule has 0 spiro atoms. The fourth-order valence-corrected chi connectivity index (χ4v) is 1.90. The summed E-state index contributed by atoms with van der Waals surface area (Å²) < 4.78 is 0. The molecule has 0 saturated carbocycles. The zero-order chi connectivity index (χ0) is 16.1. The zero-order valence-electron chi connectivity index (χ0n) is 11.6. The Morgan fingerprint density at radius 3 is 2.91 bits per heavy atom. The van der Waals surface area contributed by atoms with Crippen LogP contribution in [0.15, 0.2) is 34.5 Å². The van der Waals surface area contributed by atoms with Crippen molar-refractivity contribution in [2.75, 3.05) is 0 Å². The first-order valence-corrected chi connectivity index (χ1v) is 6.38. The van der Waals surface area contributed by atoms with Crippen LogP contribution in [0.4, 0.5) is 5.69 Å². The summed E-state index contributed by atoms with van der Waals surface area (Å²) in [5, 5.41) is 18.2. The SMILES string of the molecule is CC1=NNC(=O)[C@H]1CC(=O)N/N=C\c1ccccc1[N+](=O)[O-]. The number of rotatable bonds is 5. The Kier molecular flexibility index (Phi) is 4.57. The van der Waals surface area contributed by atoms with E-state index < -0.39 is 16.7 Å². The van der Waals surface area contributed by atoms with Crippen LogP contribution < -0.4 is 10.9 Å². The molecule has 1 aliphatic rings. The van der Waals surface area contributed by atoms with Crippen LogP contribution >= 0.6 is 0 Å². The van der Waals surface area contributed by atoms with E-state index in [-0.39, 0.29) is 23.6 Å². The largest absolute Gasteiger partial charge is 0.278 e. The van der Waals surface area contributed by atoms with E-state index in [1.807, 2.05) is 0 Å². The lowest BCUT2D eigenvalue weighted by atomic mass is 10.0. The molecule has 0 aliphatic carbocycles. The highest BCUT2D eigenvalue weighted by Gasteiger charge is 2.28. The minimum atomic E-state index is -0.610. The number of carbonyl (C=O) groups is 2. The molecule has 9 heteroatoms. The van der Waals surface area contributed by atoms with Crippen molar-refractivity contribution in [1.82, 2.24) is 10.9 Å². The molecule has 1 heterocycles. The van der Waals surface area contributed by atoms with Crippen LogP contribution in [0.25, 0.3) is 0 Å². The van der Waals surface area contributed by atoms with Crippen molar-refractivity contribution in [3.63, 3.8) is 0 Å². The second-order valence-electron chi connectivity index (χ2n) is 4.60. The molecule has 9 nitrogen and oxygen atoms in total. The Labute approximate surface area is 125 Å². The van der Waals surface area contributed by atoms with Gasteiger partial charge in [0.2, 0.25) is 11.8 Å². The third kappa shape index (κ3) is 3.51. The number of para-hydroxylation sites is 1. The van der Waals surface area contributed by atoms with Crippen molar-refractivity contribution in [3.8, 4) is 0 Å². The maximum atomic E-state index is 11.7. The Bertz CT molecular complexity index is 683. The standard InChI is InChI=1S/C13H13N5O4/c1-8-10(13(20)17-15-8)6-12(19)16-14-7-9-4-2-3-5-11(9)18(21)22/h2-5,7,10H,6H2,1H3,(H,16,19)(H,17,20)/b14-7-/t10-/m0/s1. The van der Waals surface area contributed by atoms with Crippen molar-refractivity contribution >= 4 is 29.4 Å². The highest BCUT2D eigenvalue weighted by atomic mass is 16.6. The summed E-state index contributed by atoms with van der Waals surface area (Å²) in [6.07, 6.45) is 1.10. The van der Waals surface area contributed by atoms with Gasteiger partial charge in [-0.15, -0.1) is 0 Å². The van der Waals surface area contributed by atoms with Crippen LogP contribution in [0.3, 0.4) is 0 Å². The van der Waals surface area contributed by atoms with Gasteiger partial charge in [-0.1, -0.05) is 12.1 Å². The van der Waals surface area contributed by atoms with E-state index in [1.54, 1.807) is 13.0 Å². The summed E-state index contributed by atoms with van der Waals surface area (Å²) in [7, 11) is 0. The average molecular weight is 303 g/mol. The maximum Gasteiger partial charge on any atom is 0.278 e. The molecule has 2 rings (SSSR count). The first-order chi connectivity index (χ1) is 10.5. The average Bonchev–Trinajstić information content (AvgIpc) is 2.79. The van der Waals surface area contributed by atoms with Gasteiger partial charge in [-0.05, 0) is 13.0 Å². The molecule has 0 unspecified atom stereocenters. The highest BCUT2D eigenvalue weighted by molar-refractivity contribution is 6.09. The van der Waals surface area contributed by atoms with Gasteiger partial charge in [0.15, 0.2) is 0 Å². The molecule has 0 bridgehead atoms. The minimum absolute atomic E-state index is 0.0879. The summed E-state index contributed by atoms with van der Waals surface area (Å²) in [6.45, 7) is 1.65. The lowest BCUT2D eigenvalue weighted by molar-refractivity contribution is -0.385. The van der Waals surface area contributed by atoms with Crippen molar-refractivity contribution < 1.29 is 14.5 Å². The maximum absolute atomic E-state index is 11.7. The van der Waals surface area contributed by atoms with Crippen LogP contribution in [0.5, 0.6) is 0 Å². The number of carbonyl (C=O) groups excluding carboxylic acids is 2. The molecule has 0 aromatic heterocycles. The lowest BCUT2D eigenvalue weighted by Gasteiger charge is -2.05. The molecular formula is C13H13N5O4. The van der Waals surface area contributed by atoms with Gasteiger partial charge in [-0.2, -0.15) is 10.2 Å². The number of nitro benzene ring substituents is 1. The lowest BCUT2D eigenvalue weighted by Crippen LogP contribution is -2.29. The van der Waals surface area contributed by atoms with Crippen molar-refractivity contribution in [2.24, 2.45) is 16.1 Å². The molecule has 1 aromatic carbocycles. The molecule has 2 amide bonds. The zero-order valence-corrected chi connectivity index (χ0v) is 11.6. The first-order valence-electron chi connectivity index (χ1n) is 6.38. The van der Waals surface area contributed by atoms with Crippen molar-refractivity contribution in [1.29, 1.82) is 0 Å². The molecule has 1 atom stereocenters. The molecule has 114 valence electrons. The second kappa shape index (κ2) is 6.57. The number of nitrogens with zero attached hydrogens (tertiary/aromatic N) is 3. The van der Waals surface area contributed by atoms with Gasteiger partial charge in [0.1, 0.15) is 0 Å². The predicted octanol–water partition coefficient (Wildman–Crippen LogP) is 0.557. The summed E-state index contributed by atoms with van der Waals surface area (Å²) in [5.41, 5.74) is 5.21. The van der Waals surface area contributed by atoms with Gasteiger partial charge in [-0.3, -0.25) is 19.7 Å². The number of hydrazone groups is 2. The topological polar surface area (TPSA) is 126 Å². The monoisotopic (exact) mass is 303 g/mol. The molecule has 0 saturated heterocycles. The number of hydrogen-bond donors (Lipinski definition) is 2. The van der Waals surface area contributed by atoms with Gasteiger partial charge in [-0.25, -0.2) is 10.9 Å². The van der Waals surface area contributed by atoms with Crippen LogP contribution in [0.1, 0.15) is 18.9 Å². The van der Waals surface area contributed by atoms with Gasteiger partial charge in [0.25, 0.3) is 5.69 Å². The number of nitrogens with one attached hydrogen (secondary N) is 2. The summed E-state index contributed by atoms with van der Waals surface area (Å²) >= 11 is 0. The van der Waals surface area contributed by atoms with Crippen LogP contribution in [-0.4, -0.2) is 28.7 Å². The fraction of sp³-hybridized carbons (Fsp3) is 0.231. The normalized spacial score (nSPS) is 17.2. The molecule has 1 aromatic rings. The molecular weight excluding hydrogens is 290 g/mol. The van der Waals surface area contributed by atoms with Gasteiger partial charge >= 0.3 is 0 Å². The van der Waals surface area contributed by atoms with Gasteiger partial charge in [0.05, 0.1) is 22.6 Å². The summed E-state index contributed by atoms with van der Waals surface area (Å²) in [6, 6.07) is 6.01. The second-order valence-corrected chi connectivity index (χ2v) is 4.60. The number of hydrogen-bond acceptors (Lipinski definition) is 6. The van der Waals surface area contributed by atoms with Gasteiger partial charge in [0, 0.05) is 18.2 Å². The minimum Gasteiger partial charge on any atom is -0.273 e. The number of benzene rings is 1. The Morgan fingerprint density at radius 2 is 2.27 bits per heavy atom. The van der Waals surface area contributed by atoms with E-state index in [2.05, 4.69) is 21.1 Å². The van der Waals surface area contributed by atoms with E-state index in [1.165, 1.54) is 24.4 Å². The third-order valence-corrected chi connectivity index (χ3v) is 3.08. The Morgan fingerprint density at radius 1 is 1.55 bits per heavy atom. The molecule has 2 N–H and O–H groups in total. The predicted molar refractivity (Wildman–Crippen MR) is 78.2 cm³/mol. The summed E-state index contributed by atoms with van der Waals surface area (Å²) in [5.74, 6) is -1.43. The van der Waals surface area contributed by atoms with E-state index in [4.69, 9.17) is 0 Å². The molecule has 0 radical (unpaired) electrons. The Hall–Kier alpha value is -3.10. The van der Waals surface area contributed by atoms with Gasteiger partial charge < -0.3 is 0 Å². The fourth-order valence-electron chi connectivity index (χ4n) is 1.90. The molecule has 22 heavy (non-hydrogen) atoms. The highest BCUT2D eigenvalue weighted by Crippen LogP contribution is 2.15. The first kappa shape index (κ1) is 15.3. The third-order valence-electron chi connectivity index (χ3n) is 3.08. The number of amides is 2. The Balaban J connectivity index is 1.95. The van der Waals surface area contributed by atoms with E-state index in [9.17, 15) is 19.7 Å². The van der Waals surface area contributed by atoms with Crippen LogP contribution in [0, 0.1) is 16.0 Å². The molecule has 0 fully saturated rings.